The van der Waals surface area contributed by atoms with Gasteiger partial charge in [-0.25, -0.2) is 0 Å². The van der Waals surface area contributed by atoms with Gasteiger partial charge in [0.05, 0.1) is 34.0 Å². The van der Waals surface area contributed by atoms with E-state index in [-0.39, 0.29) is 31.0 Å². The van der Waals surface area contributed by atoms with Gasteiger partial charge in [0.15, 0.2) is 0 Å². The Kier molecular flexibility index (Phi) is 23.9. The predicted octanol–water partition coefficient (Wildman–Crippen LogP) is 16.2. The Balaban J connectivity index is 0.000000170. The summed E-state index contributed by atoms with van der Waals surface area (Å²) in [5.74, 6) is 0.786. The van der Waals surface area contributed by atoms with Crippen molar-refractivity contribution in [2.24, 2.45) is 5.92 Å². The molecule has 5 heteroatoms. The molecule has 0 N–H and O–H groups in total. The second kappa shape index (κ2) is 26.8. The third-order valence-electron chi connectivity index (χ3n) is 14.2. The number of hydrogen-bond acceptors (Lipinski definition) is 0. The summed E-state index contributed by atoms with van der Waals surface area (Å²) in [6.07, 6.45) is 54.6. The van der Waals surface area contributed by atoms with E-state index in [4.69, 9.17) is 19.4 Å². The summed E-state index contributed by atoms with van der Waals surface area (Å²) in [5.41, 5.74) is 7.36. The van der Waals surface area contributed by atoms with Crippen LogP contribution < -0.4 is 0 Å². The molecule has 0 spiro atoms. The molecule has 0 atom stereocenters. The van der Waals surface area contributed by atoms with Crippen LogP contribution in [0.3, 0.4) is 0 Å². The Morgan fingerprint density at radius 2 is 0.438 bits per heavy atom. The van der Waals surface area contributed by atoms with Crippen LogP contribution in [0.1, 0.15) is 225 Å². The molecule has 7 fully saturated rings. The van der Waals surface area contributed by atoms with E-state index in [9.17, 15) is 0 Å². The van der Waals surface area contributed by atoms with E-state index in [1.807, 2.05) is 0 Å². The number of rotatable bonds is 6. The van der Waals surface area contributed by atoms with Crippen LogP contribution in [0.25, 0.3) is 0 Å². The molecule has 0 radical (unpaired) electrons. The Morgan fingerprint density at radius 1 is 0.292 bits per heavy atom. The molecule has 48 heavy (non-hydrogen) atoms. The molecule has 0 amide bonds. The van der Waals surface area contributed by atoms with Gasteiger partial charge in [-0.1, -0.05) is 70.6 Å². The van der Waals surface area contributed by atoms with Crippen molar-refractivity contribution in [2.45, 2.75) is 259 Å². The molecule has 0 bridgehead atoms. The fourth-order valence-corrected chi connectivity index (χ4v) is 22.3. The summed E-state index contributed by atoms with van der Waals surface area (Å²) < 4.78 is 0. The summed E-state index contributed by atoms with van der Waals surface area (Å²) >= 11 is -0.346. The molecule has 0 aromatic rings. The fourth-order valence-electron chi connectivity index (χ4n) is 11.8. The minimum absolute atomic E-state index is 0.0465. The Bertz CT molecular complexity index is 602. The van der Waals surface area contributed by atoms with Gasteiger partial charge >= 0.3 is 34.5 Å². The predicted molar refractivity (Wildman–Crippen MR) is 222 cm³/mol. The molecule has 0 aliphatic heterocycles. The van der Waals surface area contributed by atoms with Crippen LogP contribution in [0, 0.1) is 12.8 Å². The summed E-state index contributed by atoms with van der Waals surface area (Å²) in [4.78, 5) is 0. The van der Waals surface area contributed by atoms with Crippen LogP contribution in [0.5, 0.6) is 0 Å². The molecule has 284 valence electrons. The summed E-state index contributed by atoms with van der Waals surface area (Å²) in [6.45, 7) is 4.00. The SMILES string of the molecule is C1CCC([PH+](C2CCCCC2)C2CCCCC2)CC1.C1CCC([PH+](C2CCCCC2)C2CCCCC2)CC1.[CH2-]C1CCCCC1.[Cl][Ru][Cl]. The summed E-state index contributed by atoms with van der Waals surface area (Å²) in [7, 11) is 9.61. The van der Waals surface area contributed by atoms with Crippen molar-refractivity contribution < 1.29 is 15.1 Å². The van der Waals surface area contributed by atoms with E-state index in [0.717, 1.165) is 5.92 Å². The molecule has 7 aliphatic carbocycles. The first-order chi connectivity index (χ1) is 23.7. The summed E-state index contributed by atoms with van der Waals surface area (Å²) in [5, 5.41) is 0. The van der Waals surface area contributed by atoms with Gasteiger partial charge in [-0.15, -0.1) is 0 Å². The van der Waals surface area contributed by atoms with E-state index >= 15 is 0 Å². The quantitative estimate of drug-likeness (QED) is 0.142. The molecule has 0 nitrogen and oxygen atoms in total. The average molecular weight is 832 g/mol. The van der Waals surface area contributed by atoms with E-state index in [2.05, 4.69) is 6.92 Å². The zero-order valence-electron chi connectivity index (χ0n) is 31.6. The van der Waals surface area contributed by atoms with Gasteiger partial charge in [-0.3, -0.25) is 0 Å². The normalized spacial score (nSPS) is 27.0. The summed E-state index contributed by atoms with van der Waals surface area (Å²) in [6, 6.07) is 0. The minimum atomic E-state index is -0.346. The van der Waals surface area contributed by atoms with E-state index < -0.39 is 0 Å². The van der Waals surface area contributed by atoms with Gasteiger partial charge in [0.25, 0.3) is 0 Å². The molecule has 7 saturated carbocycles. The topological polar surface area (TPSA) is 0 Å². The fraction of sp³-hybridized carbons (Fsp3) is 0.977. The molecule has 0 saturated heterocycles. The third kappa shape index (κ3) is 15.8. The van der Waals surface area contributed by atoms with Crippen molar-refractivity contribution in [2.75, 3.05) is 0 Å². The van der Waals surface area contributed by atoms with Crippen molar-refractivity contribution >= 4 is 35.2 Å². The Labute approximate surface area is 319 Å². The van der Waals surface area contributed by atoms with Crippen molar-refractivity contribution in [1.29, 1.82) is 0 Å². The van der Waals surface area contributed by atoms with Gasteiger partial charge in [0.1, 0.15) is 0 Å². The second-order valence-electron chi connectivity index (χ2n) is 17.6. The maximum absolute atomic E-state index is 4.85. The second-order valence-corrected chi connectivity index (χ2v) is 27.1. The van der Waals surface area contributed by atoms with Crippen LogP contribution in [-0.2, 0) is 15.1 Å². The van der Waals surface area contributed by atoms with Crippen molar-refractivity contribution in [3.8, 4) is 0 Å². The van der Waals surface area contributed by atoms with Gasteiger partial charge in [-0.05, 0) is 154 Å². The Hall–Kier alpha value is 2.06. The molecule has 0 aromatic carbocycles. The van der Waals surface area contributed by atoms with Gasteiger partial charge < -0.3 is 6.92 Å². The van der Waals surface area contributed by atoms with Crippen molar-refractivity contribution in [1.82, 2.24) is 0 Å². The van der Waals surface area contributed by atoms with E-state index in [1.54, 1.807) is 193 Å². The van der Waals surface area contributed by atoms with Crippen LogP contribution in [0.2, 0.25) is 0 Å². The van der Waals surface area contributed by atoms with E-state index in [0.29, 0.717) is 0 Å². The van der Waals surface area contributed by atoms with Crippen LogP contribution >= 0.6 is 35.2 Å². The molecule has 7 aliphatic rings. The molecule has 0 unspecified atom stereocenters. The van der Waals surface area contributed by atoms with E-state index in [1.165, 1.54) is 66.1 Å². The third-order valence-corrected chi connectivity index (χ3v) is 23.3. The molecular formula is C43H81Cl2P2Ru+. The standard InChI is InChI=1S/2C18H33P.C7H13.2ClH.Ru/c2*1-4-10-16(11-5-1)19(17-12-6-2-7-13-17)18-14-8-3-9-15-18;1-7-5-3-2-4-6-7;;;/h2*16-18H,1-15H2;7H,1-6H2;2*1H;/q;;-1;;;+2. The first-order valence-electron chi connectivity index (χ1n) is 22.1. The number of hydrogen-bond donors (Lipinski definition) is 0. The maximum atomic E-state index is 4.85. The van der Waals surface area contributed by atoms with Crippen LogP contribution in [-0.4, -0.2) is 34.0 Å². The van der Waals surface area contributed by atoms with Crippen molar-refractivity contribution in [3.63, 3.8) is 0 Å². The first kappa shape index (κ1) is 42.8. The van der Waals surface area contributed by atoms with Crippen LogP contribution in [0.15, 0.2) is 0 Å². The molecule has 7 rings (SSSR count). The zero-order valence-corrected chi connectivity index (χ0v) is 36.9. The number of halogens is 2. The average Bonchev–Trinajstić information content (AvgIpc) is 3.16. The van der Waals surface area contributed by atoms with Gasteiger partial charge in [0, 0.05) is 15.8 Å². The monoisotopic (exact) mass is 831 g/mol. The molecule has 0 aromatic heterocycles. The molecular weight excluding hydrogens is 750 g/mol. The van der Waals surface area contributed by atoms with Gasteiger partial charge in [0.2, 0.25) is 0 Å². The zero-order chi connectivity index (χ0) is 33.7. The Morgan fingerprint density at radius 3 is 0.562 bits per heavy atom. The van der Waals surface area contributed by atoms with Crippen molar-refractivity contribution in [3.05, 3.63) is 6.92 Å². The van der Waals surface area contributed by atoms with Gasteiger partial charge in [-0.2, -0.15) is 5.92 Å². The first-order valence-corrected chi connectivity index (χ1v) is 30.1. The van der Waals surface area contributed by atoms with Crippen LogP contribution in [0.4, 0.5) is 0 Å². The molecule has 0 heterocycles.